The predicted octanol–water partition coefficient (Wildman–Crippen LogP) is 2.43. The Hall–Kier alpha value is -1.06. The van der Waals surface area contributed by atoms with Crippen LogP contribution in [0, 0.1) is 0 Å². The summed E-state index contributed by atoms with van der Waals surface area (Å²) in [4.78, 5) is 2.56. The molecule has 1 aromatic carbocycles. The van der Waals surface area contributed by atoms with Crippen LogP contribution < -0.4 is 11.1 Å². The number of nitrogens with zero attached hydrogens (tertiary/aromatic N) is 1. The third kappa shape index (κ3) is 4.31. The fourth-order valence-electron chi connectivity index (χ4n) is 2.44. The van der Waals surface area contributed by atoms with E-state index in [1.54, 1.807) is 0 Å². The lowest BCUT2D eigenvalue weighted by Gasteiger charge is -2.26. The molecule has 0 atom stereocenters. The predicted molar refractivity (Wildman–Crippen MR) is 77.7 cm³/mol. The third-order valence-electron chi connectivity index (χ3n) is 3.52. The van der Waals surface area contributed by atoms with Crippen molar-refractivity contribution in [2.45, 2.75) is 32.2 Å². The van der Waals surface area contributed by atoms with Crippen LogP contribution in [-0.4, -0.2) is 31.1 Å². The summed E-state index contributed by atoms with van der Waals surface area (Å²) in [5.41, 5.74) is 8.09. The van der Waals surface area contributed by atoms with Crippen molar-refractivity contribution in [2.24, 2.45) is 5.73 Å². The van der Waals surface area contributed by atoms with E-state index in [1.807, 2.05) is 0 Å². The number of nitrogens with one attached hydrogen (secondary N) is 1. The topological polar surface area (TPSA) is 41.3 Å². The molecule has 2 rings (SSSR count). The first-order chi connectivity index (χ1) is 8.88. The molecule has 1 aromatic rings. The van der Waals surface area contributed by atoms with E-state index >= 15 is 0 Å². The molecule has 3 nitrogen and oxygen atoms in total. The van der Waals surface area contributed by atoms with Crippen molar-refractivity contribution in [1.29, 1.82) is 0 Å². The van der Waals surface area contributed by atoms with Crippen molar-refractivity contribution >= 4 is 5.69 Å². The molecule has 1 heterocycles. The van der Waals surface area contributed by atoms with Crippen LogP contribution in [0.25, 0.3) is 0 Å². The number of anilines is 1. The molecule has 3 heteroatoms. The van der Waals surface area contributed by atoms with Crippen LogP contribution in [0.5, 0.6) is 0 Å². The lowest BCUT2D eigenvalue weighted by atomic mass is 10.1. The second kappa shape index (κ2) is 7.39. The Morgan fingerprint density at radius 2 is 1.78 bits per heavy atom. The van der Waals surface area contributed by atoms with E-state index in [2.05, 4.69) is 34.5 Å². The van der Waals surface area contributed by atoms with Gasteiger partial charge in [-0.25, -0.2) is 0 Å². The average Bonchev–Trinajstić information content (AvgIpc) is 2.42. The van der Waals surface area contributed by atoms with Gasteiger partial charge in [0.1, 0.15) is 0 Å². The standard InChI is InChI=1S/C15H25N3/c16-9-4-10-17-15-7-5-14(6-8-15)13-18-11-2-1-3-12-18/h5-8,17H,1-4,9-13,16H2. The summed E-state index contributed by atoms with van der Waals surface area (Å²) in [6.45, 7) is 5.33. The molecule has 1 aliphatic heterocycles. The molecule has 0 saturated carbocycles. The van der Waals surface area contributed by atoms with Crippen molar-refractivity contribution in [2.75, 3.05) is 31.5 Å². The number of hydrogen-bond donors (Lipinski definition) is 2. The van der Waals surface area contributed by atoms with Crippen LogP contribution in [0.15, 0.2) is 24.3 Å². The Morgan fingerprint density at radius 3 is 2.44 bits per heavy atom. The molecule has 1 fully saturated rings. The van der Waals surface area contributed by atoms with Gasteiger partial charge in [0.25, 0.3) is 0 Å². The summed E-state index contributed by atoms with van der Waals surface area (Å²) < 4.78 is 0. The molecule has 0 aliphatic carbocycles. The van der Waals surface area contributed by atoms with Gasteiger partial charge in [0.15, 0.2) is 0 Å². The molecule has 1 saturated heterocycles. The minimum Gasteiger partial charge on any atom is -0.385 e. The molecule has 18 heavy (non-hydrogen) atoms. The zero-order chi connectivity index (χ0) is 12.6. The lowest BCUT2D eigenvalue weighted by Crippen LogP contribution is -2.29. The van der Waals surface area contributed by atoms with E-state index in [1.165, 1.54) is 43.6 Å². The summed E-state index contributed by atoms with van der Waals surface area (Å²) in [5.74, 6) is 0. The Bertz CT molecular complexity index is 328. The first-order valence-electron chi connectivity index (χ1n) is 7.14. The summed E-state index contributed by atoms with van der Waals surface area (Å²) in [6, 6.07) is 8.82. The number of rotatable bonds is 6. The first kappa shape index (κ1) is 13.4. The maximum atomic E-state index is 5.48. The quantitative estimate of drug-likeness (QED) is 0.759. The minimum atomic E-state index is 0.750. The van der Waals surface area contributed by atoms with Crippen molar-refractivity contribution in [3.63, 3.8) is 0 Å². The number of piperidine rings is 1. The largest absolute Gasteiger partial charge is 0.385 e. The lowest BCUT2D eigenvalue weighted by molar-refractivity contribution is 0.221. The van der Waals surface area contributed by atoms with Crippen molar-refractivity contribution in [3.05, 3.63) is 29.8 Å². The van der Waals surface area contributed by atoms with Gasteiger partial charge in [-0.15, -0.1) is 0 Å². The van der Waals surface area contributed by atoms with Gasteiger partial charge in [0.05, 0.1) is 0 Å². The van der Waals surface area contributed by atoms with Crippen LogP contribution in [0.2, 0.25) is 0 Å². The molecule has 0 bridgehead atoms. The zero-order valence-electron chi connectivity index (χ0n) is 11.2. The molecular formula is C15H25N3. The fraction of sp³-hybridized carbons (Fsp3) is 0.600. The monoisotopic (exact) mass is 247 g/mol. The van der Waals surface area contributed by atoms with Crippen LogP contribution in [0.1, 0.15) is 31.2 Å². The summed E-state index contributed by atoms with van der Waals surface area (Å²) in [7, 11) is 0. The van der Waals surface area contributed by atoms with Gasteiger partial charge in [0.2, 0.25) is 0 Å². The summed E-state index contributed by atoms with van der Waals surface area (Å²) >= 11 is 0. The fourth-order valence-corrected chi connectivity index (χ4v) is 2.44. The van der Waals surface area contributed by atoms with Crippen molar-refractivity contribution in [1.82, 2.24) is 4.90 Å². The Balaban J connectivity index is 1.79. The van der Waals surface area contributed by atoms with Gasteiger partial charge in [-0.05, 0) is 56.6 Å². The third-order valence-corrected chi connectivity index (χ3v) is 3.52. The number of hydrogen-bond acceptors (Lipinski definition) is 3. The second-order valence-corrected chi connectivity index (χ2v) is 5.10. The molecule has 1 aliphatic rings. The van der Waals surface area contributed by atoms with Gasteiger partial charge in [-0.1, -0.05) is 18.6 Å². The van der Waals surface area contributed by atoms with Crippen LogP contribution >= 0.6 is 0 Å². The SMILES string of the molecule is NCCCNc1ccc(CN2CCCCC2)cc1. The maximum Gasteiger partial charge on any atom is 0.0340 e. The molecule has 0 radical (unpaired) electrons. The number of benzene rings is 1. The highest BCUT2D eigenvalue weighted by atomic mass is 15.1. The van der Waals surface area contributed by atoms with Gasteiger partial charge >= 0.3 is 0 Å². The molecular weight excluding hydrogens is 222 g/mol. The van der Waals surface area contributed by atoms with E-state index < -0.39 is 0 Å². The average molecular weight is 247 g/mol. The summed E-state index contributed by atoms with van der Waals surface area (Å²) in [6.07, 6.45) is 5.15. The number of nitrogens with two attached hydrogens (primary N) is 1. The molecule has 0 aromatic heterocycles. The van der Waals surface area contributed by atoms with Gasteiger partial charge in [-0.3, -0.25) is 4.90 Å². The zero-order valence-corrected chi connectivity index (χ0v) is 11.2. The smallest absolute Gasteiger partial charge is 0.0340 e. The van der Waals surface area contributed by atoms with E-state index in [0.717, 1.165) is 26.1 Å². The molecule has 0 unspecified atom stereocenters. The highest BCUT2D eigenvalue weighted by Crippen LogP contribution is 2.15. The van der Waals surface area contributed by atoms with E-state index in [4.69, 9.17) is 5.73 Å². The van der Waals surface area contributed by atoms with E-state index in [9.17, 15) is 0 Å². The van der Waals surface area contributed by atoms with Crippen molar-refractivity contribution < 1.29 is 0 Å². The highest BCUT2D eigenvalue weighted by Gasteiger charge is 2.09. The molecule has 100 valence electrons. The van der Waals surface area contributed by atoms with Gasteiger partial charge < -0.3 is 11.1 Å². The van der Waals surface area contributed by atoms with E-state index in [-0.39, 0.29) is 0 Å². The maximum absolute atomic E-state index is 5.48. The minimum absolute atomic E-state index is 0.750. The second-order valence-electron chi connectivity index (χ2n) is 5.10. The van der Waals surface area contributed by atoms with Crippen LogP contribution in [-0.2, 0) is 6.54 Å². The van der Waals surface area contributed by atoms with E-state index in [0.29, 0.717) is 0 Å². The molecule has 0 amide bonds. The first-order valence-corrected chi connectivity index (χ1v) is 7.14. The highest BCUT2D eigenvalue weighted by molar-refractivity contribution is 5.44. The number of likely N-dealkylation sites (tertiary alicyclic amines) is 1. The Kier molecular flexibility index (Phi) is 5.49. The molecule has 0 spiro atoms. The van der Waals surface area contributed by atoms with Crippen LogP contribution in [0.3, 0.4) is 0 Å². The van der Waals surface area contributed by atoms with Gasteiger partial charge in [-0.2, -0.15) is 0 Å². The normalized spacial score (nSPS) is 16.7. The Morgan fingerprint density at radius 1 is 1.06 bits per heavy atom. The van der Waals surface area contributed by atoms with Gasteiger partial charge in [0, 0.05) is 18.8 Å². The summed E-state index contributed by atoms with van der Waals surface area (Å²) in [5, 5.41) is 3.38. The Labute approximate surface area is 110 Å². The molecule has 3 N–H and O–H groups in total. The van der Waals surface area contributed by atoms with Crippen molar-refractivity contribution in [3.8, 4) is 0 Å². The van der Waals surface area contributed by atoms with Crippen LogP contribution in [0.4, 0.5) is 5.69 Å².